The topological polar surface area (TPSA) is 42.0 Å². The van der Waals surface area contributed by atoms with Crippen molar-refractivity contribution in [3.63, 3.8) is 0 Å². The number of pyridine rings is 1. The number of benzene rings is 1. The van der Waals surface area contributed by atoms with Crippen LogP contribution >= 0.6 is 0 Å². The van der Waals surface area contributed by atoms with Gasteiger partial charge in [0.05, 0.1) is 17.8 Å². The van der Waals surface area contributed by atoms with Gasteiger partial charge in [0.25, 0.3) is 0 Å². The maximum absolute atomic E-state index is 13.6. The SMILES string of the molecule is O=C(Nc1ccncc1F)[C@H](c1ccccc1)C1CC1. The Labute approximate surface area is 116 Å². The first-order valence-corrected chi connectivity index (χ1v) is 6.71. The van der Waals surface area contributed by atoms with E-state index in [-0.39, 0.29) is 17.5 Å². The van der Waals surface area contributed by atoms with E-state index in [1.54, 1.807) is 0 Å². The molecular formula is C16H15FN2O. The third kappa shape index (κ3) is 2.69. The van der Waals surface area contributed by atoms with Crippen LogP contribution in [0.3, 0.4) is 0 Å². The number of nitrogens with zero attached hydrogens (tertiary/aromatic N) is 1. The van der Waals surface area contributed by atoms with Gasteiger partial charge < -0.3 is 5.32 Å². The first-order chi connectivity index (χ1) is 9.75. The lowest BCUT2D eigenvalue weighted by Crippen LogP contribution is -2.23. The summed E-state index contributed by atoms with van der Waals surface area (Å²) in [4.78, 5) is 16.1. The lowest BCUT2D eigenvalue weighted by molar-refractivity contribution is -0.118. The first kappa shape index (κ1) is 12.8. The molecule has 1 heterocycles. The summed E-state index contributed by atoms with van der Waals surface area (Å²) in [7, 11) is 0. The van der Waals surface area contributed by atoms with Crippen molar-refractivity contribution in [1.29, 1.82) is 0 Å². The Morgan fingerprint density at radius 2 is 2.00 bits per heavy atom. The van der Waals surface area contributed by atoms with Gasteiger partial charge in [-0.25, -0.2) is 4.39 Å². The molecule has 0 unspecified atom stereocenters. The number of nitrogens with one attached hydrogen (secondary N) is 1. The van der Waals surface area contributed by atoms with Crippen molar-refractivity contribution >= 4 is 11.6 Å². The predicted molar refractivity (Wildman–Crippen MR) is 74.7 cm³/mol. The highest BCUT2D eigenvalue weighted by Crippen LogP contribution is 2.43. The Morgan fingerprint density at radius 3 is 2.65 bits per heavy atom. The number of hydrogen-bond donors (Lipinski definition) is 1. The third-order valence-electron chi connectivity index (χ3n) is 3.56. The molecular weight excluding hydrogens is 255 g/mol. The van der Waals surface area contributed by atoms with Crippen LogP contribution in [0, 0.1) is 11.7 Å². The molecule has 102 valence electrons. The number of hydrogen-bond acceptors (Lipinski definition) is 2. The molecule has 0 aliphatic heterocycles. The van der Waals surface area contributed by atoms with Crippen molar-refractivity contribution in [2.24, 2.45) is 5.92 Å². The van der Waals surface area contributed by atoms with Crippen LogP contribution in [0.4, 0.5) is 10.1 Å². The molecule has 1 fully saturated rings. The van der Waals surface area contributed by atoms with Crippen LogP contribution in [-0.4, -0.2) is 10.9 Å². The molecule has 1 aromatic carbocycles. The van der Waals surface area contributed by atoms with E-state index in [1.165, 1.54) is 12.3 Å². The van der Waals surface area contributed by atoms with E-state index in [1.807, 2.05) is 30.3 Å². The maximum atomic E-state index is 13.6. The third-order valence-corrected chi connectivity index (χ3v) is 3.56. The second-order valence-corrected chi connectivity index (χ2v) is 5.07. The van der Waals surface area contributed by atoms with Gasteiger partial charge in [-0.3, -0.25) is 9.78 Å². The maximum Gasteiger partial charge on any atom is 0.232 e. The number of rotatable bonds is 4. The van der Waals surface area contributed by atoms with Gasteiger partial charge in [0.1, 0.15) is 0 Å². The minimum absolute atomic E-state index is 0.149. The lowest BCUT2D eigenvalue weighted by Gasteiger charge is -2.16. The predicted octanol–water partition coefficient (Wildman–Crippen LogP) is 3.35. The van der Waals surface area contributed by atoms with Crippen LogP contribution in [-0.2, 0) is 4.79 Å². The zero-order valence-electron chi connectivity index (χ0n) is 10.9. The van der Waals surface area contributed by atoms with E-state index in [4.69, 9.17) is 0 Å². The molecule has 0 radical (unpaired) electrons. The van der Waals surface area contributed by atoms with E-state index < -0.39 is 5.82 Å². The van der Waals surface area contributed by atoms with Crippen molar-refractivity contribution in [2.75, 3.05) is 5.32 Å². The molecule has 1 saturated carbocycles. The fourth-order valence-electron chi connectivity index (χ4n) is 2.41. The largest absolute Gasteiger partial charge is 0.323 e. The highest BCUT2D eigenvalue weighted by atomic mass is 19.1. The first-order valence-electron chi connectivity index (χ1n) is 6.71. The van der Waals surface area contributed by atoms with Gasteiger partial charge in [-0.05, 0) is 30.4 Å². The van der Waals surface area contributed by atoms with Gasteiger partial charge in [0, 0.05) is 6.20 Å². The van der Waals surface area contributed by atoms with Gasteiger partial charge in [-0.2, -0.15) is 0 Å². The van der Waals surface area contributed by atoms with Crippen molar-refractivity contribution in [2.45, 2.75) is 18.8 Å². The van der Waals surface area contributed by atoms with Gasteiger partial charge in [0.2, 0.25) is 5.91 Å². The molecule has 1 aliphatic carbocycles. The van der Waals surface area contributed by atoms with Crippen molar-refractivity contribution < 1.29 is 9.18 Å². The second-order valence-electron chi connectivity index (χ2n) is 5.07. The van der Waals surface area contributed by atoms with Crippen LogP contribution in [0.2, 0.25) is 0 Å². The number of halogens is 1. The van der Waals surface area contributed by atoms with Crippen LogP contribution in [0.1, 0.15) is 24.3 Å². The Bertz CT molecular complexity index is 611. The van der Waals surface area contributed by atoms with Crippen LogP contribution in [0.5, 0.6) is 0 Å². The molecule has 1 aliphatic rings. The van der Waals surface area contributed by atoms with E-state index in [0.29, 0.717) is 5.92 Å². The second kappa shape index (κ2) is 5.41. The zero-order valence-corrected chi connectivity index (χ0v) is 10.9. The summed E-state index contributed by atoms with van der Waals surface area (Å²) in [6, 6.07) is 11.1. The minimum atomic E-state index is -0.511. The Morgan fingerprint density at radius 1 is 1.25 bits per heavy atom. The number of amides is 1. The fraction of sp³-hybridized carbons (Fsp3) is 0.250. The smallest absolute Gasteiger partial charge is 0.232 e. The summed E-state index contributed by atoms with van der Waals surface area (Å²) in [5, 5.41) is 2.68. The Kier molecular flexibility index (Phi) is 3.46. The number of anilines is 1. The molecule has 1 N–H and O–H groups in total. The minimum Gasteiger partial charge on any atom is -0.323 e. The van der Waals surface area contributed by atoms with E-state index in [2.05, 4.69) is 10.3 Å². The normalized spacial score (nSPS) is 15.7. The molecule has 4 heteroatoms. The number of aromatic nitrogens is 1. The molecule has 0 bridgehead atoms. The highest BCUT2D eigenvalue weighted by molar-refractivity contribution is 5.96. The molecule has 0 saturated heterocycles. The fourth-order valence-corrected chi connectivity index (χ4v) is 2.41. The van der Waals surface area contributed by atoms with Gasteiger partial charge in [-0.1, -0.05) is 30.3 Å². The molecule has 3 rings (SSSR count). The Hall–Kier alpha value is -2.23. The molecule has 1 aromatic heterocycles. The highest BCUT2D eigenvalue weighted by Gasteiger charge is 2.37. The van der Waals surface area contributed by atoms with Crippen LogP contribution < -0.4 is 5.32 Å². The van der Waals surface area contributed by atoms with Crippen LogP contribution in [0.15, 0.2) is 48.8 Å². The van der Waals surface area contributed by atoms with Gasteiger partial charge in [-0.15, -0.1) is 0 Å². The lowest BCUT2D eigenvalue weighted by atomic mass is 9.93. The van der Waals surface area contributed by atoms with Crippen molar-refractivity contribution in [3.05, 3.63) is 60.2 Å². The zero-order chi connectivity index (χ0) is 13.9. The Balaban J connectivity index is 1.82. The number of carbonyl (C=O) groups excluding carboxylic acids is 1. The monoisotopic (exact) mass is 270 g/mol. The van der Waals surface area contributed by atoms with Gasteiger partial charge >= 0.3 is 0 Å². The molecule has 2 aromatic rings. The number of carbonyl (C=O) groups is 1. The quantitative estimate of drug-likeness (QED) is 0.925. The van der Waals surface area contributed by atoms with E-state index in [9.17, 15) is 9.18 Å². The van der Waals surface area contributed by atoms with E-state index in [0.717, 1.165) is 24.6 Å². The van der Waals surface area contributed by atoms with Crippen molar-refractivity contribution in [3.8, 4) is 0 Å². The van der Waals surface area contributed by atoms with Crippen LogP contribution in [0.25, 0.3) is 0 Å². The summed E-state index contributed by atoms with van der Waals surface area (Å²) in [6.07, 6.45) is 4.66. The summed E-state index contributed by atoms with van der Waals surface area (Å²) in [5.41, 5.74) is 1.17. The summed E-state index contributed by atoms with van der Waals surface area (Å²) >= 11 is 0. The van der Waals surface area contributed by atoms with Gasteiger partial charge in [0.15, 0.2) is 5.82 Å². The average Bonchev–Trinajstić information content (AvgIpc) is 3.28. The molecule has 1 atom stereocenters. The summed E-state index contributed by atoms with van der Waals surface area (Å²) < 4.78 is 13.6. The average molecular weight is 270 g/mol. The molecule has 1 amide bonds. The standard InChI is InChI=1S/C16H15FN2O/c17-13-10-18-9-8-14(13)19-16(20)15(12-6-7-12)11-4-2-1-3-5-11/h1-5,8-10,12,15H,6-7H2,(H,18,19,20)/t15-/m1/s1. The molecule has 0 spiro atoms. The summed E-state index contributed by atoms with van der Waals surface area (Å²) in [6.45, 7) is 0. The van der Waals surface area contributed by atoms with Crippen molar-refractivity contribution in [1.82, 2.24) is 4.98 Å². The molecule has 20 heavy (non-hydrogen) atoms. The summed E-state index contributed by atoms with van der Waals surface area (Å²) in [5.74, 6) is -0.502. The van der Waals surface area contributed by atoms with E-state index >= 15 is 0 Å². The molecule has 3 nitrogen and oxygen atoms in total.